The Morgan fingerprint density at radius 2 is 1.74 bits per heavy atom. The van der Waals surface area contributed by atoms with Gasteiger partial charge in [-0.3, -0.25) is 14.5 Å². The van der Waals surface area contributed by atoms with Crippen molar-refractivity contribution < 1.29 is 38.0 Å². The van der Waals surface area contributed by atoms with Crippen molar-refractivity contribution in [3.05, 3.63) is 0 Å². The first-order valence-corrected chi connectivity index (χ1v) is 14.4. The normalized spacial score (nSPS) is 52.1. The van der Waals surface area contributed by atoms with Crippen LogP contribution in [0.15, 0.2) is 0 Å². The lowest BCUT2D eigenvalue weighted by atomic mass is 9.43. The van der Waals surface area contributed by atoms with Crippen LogP contribution in [-0.2, 0) is 38.0 Å². The molecule has 214 valence electrons. The molecule has 13 atom stereocenters. The smallest absolute Gasteiger partial charge is 0.303 e. The summed E-state index contributed by atoms with van der Waals surface area (Å²) in [6.45, 7) is 7.67. The minimum atomic E-state index is -0.868. The first-order valence-electron chi connectivity index (χ1n) is 14.4. The molecule has 0 aromatic rings. The van der Waals surface area contributed by atoms with Gasteiger partial charge in [0.05, 0.1) is 24.9 Å². The van der Waals surface area contributed by atoms with Gasteiger partial charge < -0.3 is 28.4 Å². The molecule has 9 nitrogen and oxygen atoms in total. The topological polar surface area (TPSA) is 92.8 Å². The number of esters is 2. The fourth-order valence-corrected chi connectivity index (χ4v) is 11.7. The van der Waals surface area contributed by atoms with Gasteiger partial charge in [0.15, 0.2) is 0 Å². The van der Waals surface area contributed by atoms with Crippen LogP contribution in [0.4, 0.5) is 0 Å². The van der Waals surface area contributed by atoms with Gasteiger partial charge >= 0.3 is 11.9 Å². The Morgan fingerprint density at radius 1 is 0.974 bits per heavy atom. The Labute approximate surface area is 226 Å². The lowest BCUT2D eigenvalue weighted by Gasteiger charge is -2.69. The summed E-state index contributed by atoms with van der Waals surface area (Å²) in [4.78, 5) is 28.1. The summed E-state index contributed by atoms with van der Waals surface area (Å²) in [6.07, 6.45) is 2.70. The highest BCUT2D eigenvalue weighted by atomic mass is 16.6. The summed E-state index contributed by atoms with van der Waals surface area (Å²) in [7, 11) is 7.19. The molecule has 5 saturated carbocycles. The van der Waals surface area contributed by atoms with Crippen LogP contribution in [-0.4, -0.2) is 101 Å². The van der Waals surface area contributed by atoms with Gasteiger partial charge in [-0.1, -0.05) is 6.92 Å². The van der Waals surface area contributed by atoms with E-state index in [2.05, 4.69) is 11.8 Å². The number of piperidine rings is 1. The highest BCUT2D eigenvalue weighted by Crippen LogP contribution is 2.80. The Balaban J connectivity index is 1.66. The lowest BCUT2D eigenvalue weighted by molar-refractivity contribution is -0.281. The van der Waals surface area contributed by atoms with E-state index < -0.39 is 5.60 Å². The van der Waals surface area contributed by atoms with E-state index in [4.69, 9.17) is 28.4 Å². The van der Waals surface area contributed by atoms with E-state index in [9.17, 15) is 9.59 Å². The van der Waals surface area contributed by atoms with Crippen LogP contribution in [0, 0.1) is 40.4 Å². The molecule has 1 heterocycles. The maximum atomic E-state index is 13.0. The van der Waals surface area contributed by atoms with Crippen molar-refractivity contribution >= 4 is 11.9 Å². The Morgan fingerprint density at radius 3 is 2.32 bits per heavy atom. The molecule has 6 fully saturated rings. The van der Waals surface area contributed by atoms with Gasteiger partial charge in [-0.25, -0.2) is 0 Å². The summed E-state index contributed by atoms with van der Waals surface area (Å²) >= 11 is 0. The van der Waals surface area contributed by atoms with Gasteiger partial charge in [0.1, 0.15) is 11.7 Å². The molecule has 1 saturated heterocycles. The molecule has 0 unspecified atom stereocenters. The number of rotatable bonds is 8. The molecule has 6 rings (SSSR count). The summed E-state index contributed by atoms with van der Waals surface area (Å²) < 4.78 is 37.9. The molecular formula is C29H45NO8. The van der Waals surface area contributed by atoms with Gasteiger partial charge in [0, 0.05) is 95.8 Å². The highest BCUT2D eigenvalue weighted by Gasteiger charge is 2.88. The van der Waals surface area contributed by atoms with Crippen molar-refractivity contribution in [2.45, 2.75) is 82.5 Å². The second-order valence-corrected chi connectivity index (χ2v) is 12.9. The zero-order chi connectivity index (χ0) is 27.2. The SMILES string of the molecule is CCN1C[C@]2(COC)CC[C@H](OC)[C@@]34[C@@H]5C[C@H]6[C@H](OC(C)=O)[C@@H]5[C@](OC(C)=O)(C[C@@H]6OC)[C@@H]([C@@H](OC)[C@H]23)[C@@H]14. The van der Waals surface area contributed by atoms with Crippen molar-refractivity contribution in [2.75, 3.05) is 48.1 Å². The van der Waals surface area contributed by atoms with Gasteiger partial charge in [0.25, 0.3) is 0 Å². The molecule has 0 aromatic carbocycles. The third kappa shape index (κ3) is 3.06. The van der Waals surface area contributed by atoms with E-state index in [1.54, 1.807) is 14.2 Å². The molecule has 1 aliphatic heterocycles. The zero-order valence-corrected chi connectivity index (χ0v) is 23.9. The van der Waals surface area contributed by atoms with Crippen LogP contribution >= 0.6 is 0 Å². The molecule has 0 aromatic heterocycles. The van der Waals surface area contributed by atoms with Crippen LogP contribution < -0.4 is 0 Å². The van der Waals surface area contributed by atoms with E-state index in [1.807, 2.05) is 14.2 Å². The summed E-state index contributed by atoms with van der Waals surface area (Å²) in [5.74, 6) is -0.502. The van der Waals surface area contributed by atoms with Gasteiger partial charge in [-0.2, -0.15) is 0 Å². The molecule has 5 aliphatic carbocycles. The molecule has 0 radical (unpaired) electrons. The quantitative estimate of drug-likeness (QED) is 0.434. The number of methoxy groups -OCH3 is 4. The second-order valence-electron chi connectivity index (χ2n) is 12.9. The van der Waals surface area contributed by atoms with E-state index in [-0.39, 0.29) is 82.8 Å². The number of fused-ring (bicyclic) bond motifs is 2. The Bertz CT molecular complexity index is 976. The maximum absolute atomic E-state index is 13.0. The lowest BCUT2D eigenvalue weighted by Crippen LogP contribution is -2.77. The van der Waals surface area contributed by atoms with Crippen LogP contribution in [0.25, 0.3) is 0 Å². The van der Waals surface area contributed by atoms with E-state index >= 15 is 0 Å². The predicted octanol–water partition coefficient (Wildman–Crippen LogP) is 2.30. The Kier molecular flexibility index (Phi) is 6.47. The van der Waals surface area contributed by atoms with Gasteiger partial charge in [0.2, 0.25) is 0 Å². The number of hydrogen-bond acceptors (Lipinski definition) is 9. The average Bonchev–Trinajstić information content (AvgIpc) is 3.29. The molecule has 38 heavy (non-hydrogen) atoms. The summed E-state index contributed by atoms with van der Waals surface area (Å²) in [5.41, 5.74) is -1.21. The number of ether oxygens (including phenoxy) is 6. The standard InChI is InChI=1S/C29H45NO8/c1-8-30-13-27(14-33-4)10-9-20(35-6)29-18-11-17-19(34-5)12-28(38-16(3)32,21(18)23(17)37-15(2)31)22(26(29)30)24(36-7)25(27)29/h17-26H,8-14H2,1-7H3/t17-,18-,19+,20+,21-,22+,23+,24-,25-,26-,27+,28-,29+/m1/s1. The number of hydrogen-bond donors (Lipinski definition) is 0. The van der Waals surface area contributed by atoms with E-state index in [1.165, 1.54) is 13.8 Å². The first kappa shape index (κ1) is 26.9. The number of carbonyl (C=O) groups is 2. The number of likely N-dealkylation sites (tertiary alicyclic amines) is 1. The number of carbonyl (C=O) groups excluding carboxylic acids is 2. The van der Waals surface area contributed by atoms with Crippen LogP contribution in [0.2, 0.25) is 0 Å². The minimum absolute atomic E-state index is 0.0260. The second kappa shape index (κ2) is 9.13. The number of nitrogens with zero attached hydrogens (tertiary/aromatic N) is 1. The monoisotopic (exact) mass is 535 g/mol. The fourth-order valence-electron chi connectivity index (χ4n) is 11.7. The van der Waals surface area contributed by atoms with E-state index in [0.717, 1.165) is 32.4 Å². The third-order valence-electron chi connectivity index (χ3n) is 11.9. The minimum Gasteiger partial charge on any atom is -0.462 e. The zero-order valence-electron chi connectivity index (χ0n) is 23.9. The largest absolute Gasteiger partial charge is 0.462 e. The average molecular weight is 536 g/mol. The van der Waals surface area contributed by atoms with Crippen molar-refractivity contribution in [1.29, 1.82) is 0 Å². The van der Waals surface area contributed by atoms with Crippen molar-refractivity contribution in [3.8, 4) is 0 Å². The van der Waals surface area contributed by atoms with Gasteiger partial charge in [-0.15, -0.1) is 0 Å². The third-order valence-corrected chi connectivity index (χ3v) is 11.9. The molecule has 6 aliphatic rings. The van der Waals surface area contributed by atoms with Crippen molar-refractivity contribution in [1.82, 2.24) is 4.90 Å². The highest BCUT2D eigenvalue weighted by molar-refractivity contribution is 5.68. The molecule has 7 bridgehead atoms. The van der Waals surface area contributed by atoms with Crippen LogP contribution in [0.5, 0.6) is 0 Å². The van der Waals surface area contributed by atoms with Crippen molar-refractivity contribution in [2.24, 2.45) is 40.4 Å². The van der Waals surface area contributed by atoms with Gasteiger partial charge in [-0.05, 0) is 31.7 Å². The fraction of sp³-hybridized carbons (Fsp3) is 0.931. The molecule has 0 amide bonds. The molecular weight excluding hydrogens is 490 g/mol. The van der Waals surface area contributed by atoms with Crippen LogP contribution in [0.1, 0.15) is 46.5 Å². The molecule has 9 heteroatoms. The molecule has 1 spiro atoms. The van der Waals surface area contributed by atoms with E-state index in [0.29, 0.717) is 13.0 Å². The van der Waals surface area contributed by atoms with Crippen LogP contribution in [0.3, 0.4) is 0 Å². The predicted molar refractivity (Wildman–Crippen MR) is 136 cm³/mol. The Hall–Kier alpha value is -1.26. The summed E-state index contributed by atoms with van der Waals surface area (Å²) in [6, 6.07) is 0.116. The molecule has 0 N–H and O–H groups in total. The maximum Gasteiger partial charge on any atom is 0.303 e. The van der Waals surface area contributed by atoms with Crippen molar-refractivity contribution in [3.63, 3.8) is 0 Å². The first-order chi connectivity index (χ1) is 18.2. The summed E-state index contributed by atoms with van der Waals surface area (Å²) in [5, 5.41) is 0.